The average Bonchev–Trinajstić information content (AvgIpc) is 3.29. The Balaban J connectivity index is 1.85. The summed E-state index contributed by atoms with van der Waals surface area (Å²) in [7, 11) is 0. The molecule has 2 aliphatic heterocycles. The number of alkyl halides is 3. The van der Waals surface area contributed by atoms with Crippen LogP contribution < -0.4 is 16.0 Å². The summed E-state index contributed by atoms with van der Waals surface area (Å²) in [5.41, 5.74) is -0.307. The number of rotatable bonds is 6. The van der Waals surface area contributed by atoms with Crippen LogP contribution in [-0.4, -0.2) is 64.8 Å². The summed E-state index contributed by atoms with van der Waals surface area (Å²) in [6.45, 7) is 6.52. The van der Waals surface area contributed by atoms with Crippen LogP contribution in [0.5, 0.6) is 0 Å². The van der Waals surface area contributed by atoms with Crippen molar-refractivity contribution in [1.29, 1.82) is 5.26 Å². The molecule has 2 aliphatic rings. The number of amides is 3. The van der Waals surface area contributed by atoms with Crippen molar-refractivity contribution in [2.24, 2.45) is 5.41 Å². The minimum absolute atomic E-state index is 0.0734. The van der Waals surface area contributed by atoms with E-state index < -0.39 is 53.2 Å². The highest BCUT2D eigenvalue weighted by Gasteiger charge is 2.56. The second kappa shape index (κ2) is 9.71. The number of nitriles is 1. The maximum atomic E-state index is 13.7. The molecule has 1 unspecified atom stereocenters. The molecule has 0 radical (unpaired) electrons. The van der Waals surface area contributed by atoms with Gasteiger partial charge in [0.05, 0.1) is 17.5 Å². The molecule has 0 aliphatic carbocycles. The van der Waals surface area contributed by atoms with Gasteiger partial charge in [0.25, 0.3) is 0 Å². The van der Waals surface area contributed by atoms with E-state index in [4.69, 9.17) is 0 Å². The second-order valence-electron chi connectivity index (χ2n) is 10.6. The fourth-order valence-electron chi connectivity index (χ4n) is 4.70. The minimum Gasteiger partial charge on any atom is -0.370 e. The highest BCUT2D eigenvalue weighted by Crippen LogP contribution is 2.46. The molecule has 0 saturated carbocycles. The van der Waals surface area contributed by atoms with Gasteiger partial charge in [-0.1, -0.05) is 39.0 Å². The largest absolute Gasteiger partial charge is 0.427 e. The summed E-state index contributed by atoms with van der Waals surface area (Å²) in [6, 6.07) is 5.51. The molecular weight excluding hydrogens is 479 g/mol. The lowest BCUT2D eigenvalue weighted by molar-refractivity contribution is -0.215. The molecule has 4 N–H and O–H groups in total. The topological polar surface area (TPSA) is 135 Å². The first-order valence-corrected chi connectivity index (χ1v) is 11.5. The molecule has 1 aromatic carbocycles. The first-order chi connectivity index (χ1) is 16.6. The van der Waals surface area contributed by atoms with Gasteiger partial charge >= 0.3 is 6.18 Å². The van der Waals surface area contributed by atoms with Crippen molar-refractivity contribution in [2.75, 3.05) is 11.9 Å². The summed E-state index contributed by atoms with van der Waals surface area (Å²) in [5.74, 6) is -1.86. The van der Waals surface area contributed by atoms with E-state index in [1.165, 1.54) is 4.90 Å². The van der Waals surface area contributed by atoms with Gasteiger partial charge in [0.15, 0.2) is 0 Å². The fraction of sp³-hybridized carbons (Fsp3) is 0.583. The molecule has 36 heavy (non-hydrogen) atoms. The van der Waals surface area contributed by atoms with E-state index in [2.05, 4.69) is 16.7 Å². The monoisotopic (exact) mass is 509 g/mol. The van der Waals surface area contributed by atoms with Gasteiger partial charge in [0, 0.05) is 18.7 Å². The van der Waals surface area contributed by atoms with Gasteiger partial charge in [-0.05, 0) is 30.4 Å². The quantitative estimate of drug-likeness (QED) is 0.432. The van der Waals surface area contributed by atoms with Gasteiger partial charge in [-0.15, -0.1) is 0 Å². The van der Waals surface area contributed by atoms with Crippen LogP contribution in [0.15, 0.2) is 24.3 Å². The summed E-state index contributed by atoms with van der Waals surface area (Å²) >= 11 is 0. The van der Waals surface area contributed by atoms with Crippen LogP contribution in [0.4, 0.5) is 18.9 Å². The zero-order valence-corrected chi connectivity index (χ0v) is 20.4. The third-order valence-electron chi connectivity index (χ3n) is 6.46. The van der Waals surface area contributed by atoms with E-state index in [1.807, 2.05) is 20.8 Å². The lowest BCUT2D eigenvalue weighted by Crippen LogP contribution is -2.57. The second-order valence-corrected chi connectivity index (χ2v) is 10.6. The SMILES string of the molecule is C[C@H](NC(O)C(F)(F)F)C(=O)N[C@@H](CC(C)(C)C)C(=O)N1C[C@]2(C[C@H]1C#N)C(=O)Nc1ccccc12. The predicted octanol–water partition coefficient (Wildman–Crippen LogP) is 1.78. The van der Waals surface area contributed by atoms with E-state index >= 15 is 0 Å². The molecule has 0 bridgehead atoms. The fourth-order valence-corrected chi connectivity index (χ4v) is 4.70. The van der Waals surface area contributed by atoms with Crippen LogP contribution in [0.2, 0.25) is 0 Å². The molecule has 0 aromatic heterocycles. The number of hydrogen-bond acceptors (Lipinski definition) is 6. The first-order valence-electron chi connectivity index (χ1n) is 11.5. The van der Waals surface area contributed by atoms with Crippen LogP contribution >= 0.6 is 0 Å². The average molecular weight is 510 g/mol. The van der Waals surface area contributed by atoms with Gasteiger partial charge in [-0.3, -0.25) is 19.7 Å². The Bertz CT molecular complexity index is 1080. The Hall–Kier alpha value is -3.17. The third-order valence-corrected chi connectivity index (χ3v) is 6.46. The predicted molar refractivity (Wildman–Crippen MR) is 123 cm³/mol. The van der Waals surface area contributed by atoms with E-state index in [0.29, 0.717) is 11.3 Å². The Morgan fingerprint density at radius 3 is 2.53 bits per heavy atom. The molecule has 12 heteroatoms. The van der Waals surface area contributed by atoms with Gasteiger partial charge in [0.1, 0.15) is 12.1 Å². The van der Waals surface area contributed by atoms with E-state index in [9.17, 15) is 37.9 Å². The Morgan fingerprint density at radius 1 is 1.31 bits per heavy atom. The van der Waals surface area contributed by atoms with E-state index in [1.54, 1.807) is 29.6 Å². The molecule has 9 nitrogen and oxygen atoms in total. The lowest BCUT2D eigenvalue weighted by Gasteiger charge is -2.32. The maximum Gasteiger partial charge on any atom is 0.427 e. The number of hydrogen-bond donors (Lipinski definition) is 4. The molecule has 5 atom stereocenters. The van der Waals surface area contributed by atoms with Crippen LogP contribution in [0.25, 0.3) is 0 Å². The Kier molecular flexibility index (Phi) is 7.39. The number of halogens is 3. The maximum absolute atomic E-state index is 13.7. The van der Waals surface area contributed by atoms with Crippen molar-refractivity contribution in [2.45, 2.75) is 76.5 Å². The molecule has 3 rings (SSSR count). The number of likely N-dealkylation sites (tertiary alicyclic amines) is 1. The van der Waals surface area contributed by atoms with Gasteiger partial charge in [-0.25, -0.2) is 0 Å². The normalized spacial score (nSPS) is 24.0. The van der Waals surface area contributed by atoms with Crippen molar-refractivity contribution < 1.29 is 32.7 Å². The number of nitrogens with zero attached hydrogens (tertiary/aromatic N) is 2. The molecule has 196 valence electrons. The number of aliphatic hydroxyl groups is 1. The molecule has 1 aromatic rings. The summed E-state index contributed by atoms with van der Waals surface area (Å²) < 4.78 is 38.1. The van der Waals surface area contributed by atoms with Crippen LogP contribution in [0.3, 0.4) is 0 Å². The summed E-state index contributed by atoms with van der Waals surface area (Å²) in [6.07, 6.45) is -7.70. The molecular formula is C24H30F3N5O4. The lowest BCUT2D eigenvalue weighted by atomic mass is 9.80. The van der Waals surface area contributed by atoms with Crippen LogP contribution in [-0.2, 0) is 19.8 Å². The number of nitrogens with one attached hydrogen (secondary N) is 3. The van der Waals surface area contributed by atoms with Crippen molar-refractivity contribution in [3.8, 4) is 6.07 Å². The summed E-state index contributed by atoms with van der Waals surface area (Å²) in [4.78, 5) is 40.6. The highest BCUT2D eigenvalue weighted by molar-refractivity contribution is 6.07. The molecule has 2 heterocycles. The molecule has 1 saturated heterocycles. The molecule has 1 fully saturated rings. The van der Waals surface area contributed by atoms with Crippen LogP contribution in [0, 0.1) is 16.7 Å². The smallest absolute Gasteiger partial charge is 0.370 e. The van der Waals surface area contributed by atoms with Crippen molar-refractivity contribution in [1.82, 2.24) is 15.5 Å². The zero-order valence-electron chi connectivity index (χ0n) is 20.4. The standard InChI is InChI=1S/C24H30F3N5O4/c1-13(29-21(36)24(25,26)27)18(33)30-17(10-22(2,3)4)19(34)32-12-23(9-14(32)11-28)15-7-5-6-8-16(15)31-20(23)35/h5-8,13-14,17,21,29,36H,9-10,12H2,1-4H3,(H,30,33)(H,31,35)/t13-,14-,17-,21?,23-/m0/s1. The van der Waals surface area contributed by atoms with E-state index in [0.717, 1.165) is 6.92 Å². The number of carbonyl (C=O) groups is 3. The number of anilines is 1. The van der Waals surface area contributed by atoms with Crippen molar-refractivity contribution >= 4 is 23.4 Å². The first kappa shape index (κ1) is 27.4. The van der Waals surface area contributed by atoms with Gasteiger partial charge in [-0.2, -0.15) is 18.4 Å². The zero-order chi connectivity index (χ0) is 27.1. The minimum atomic E-state index is -4.97. The number of fused-ring (bicyclic) bond motifs is 2. The number of para-hydroxylation sites is 1. The van der Waals surface area contributed by atoms with Gasteiger partial charge in [0.2, 0.25) is 23.9 Å². The third kappa shape index (κ3) is 5.47. The number of aliphatic hydroxyl groups excluding tert-OH is 1. The Labute approximate surface area is 207 Å². The summed E-state index contributed by atoms with van der Waals surface area (Å²) in [5, 5.41) is 26.1. The number of carbonyl (C=O) groups excluding carboxylic acids is 3. The molecule has 1 spiro atoms. The van der Waals surface area contributed by atoms with E-state index in [-0.39, 0.29) is 25.3 Å². The van der Waals surface area contributed by atoms with Crippen molar-refractivity contribution in [3.63, 3.8) is 0 Å². The van der Waals surface area contributed by atoms with Crippen molar-refractivity contribution in [3.05, 3.63) is 29.8 Å². The van der Waals surface area contributed by atoms with Crippen LogP contribution in [0.1, 0.15) is 46.1 Å². The highest BCUT2D eigenvalue weighted by atomic mass is 19.4. The molecule has 3 amide bonds. The van der Waals surface area contributed by atoms with Gasteiger partial charge < -0.3 is 20.6 Å². The number of benzene rings is 1. The Morgan fingerprint density at radius 2 is 1.94 bits per heavy atom.